The quantitative estimate of drug-likeness (QED) is 0.368. The minimum atomic E-state index is -0.185. The third-order valence-corrected chi connectivity index (χ3v) is 4.35. The van der Waals surface area contributed by atoms with Crippen molar-refractivity contribution in [2.75, 3.05) is 13.2 Å². The van der Waals surface area contributed by atoms with E-state index in [9.17, 15) is 14.4 Å². The average molecular weight is 337 g/mol. The van der Waals surface area contributed by atoms with E-state index >= 15 is 0 Å². The fourth-order valence-electron chi connectivity index (χ4n) is 2.88. The lowest BCUT2D eigenvalue weighted by Crippen LogP contribution is -2.30. The number of aliphatic hydroxyl groups is 1. The van der Waals surface area contributed by atoms with Crippen LogP contribution in [0.5, 0.6) is 0 Å². The molecule has 0 saturated heterocycles. The number of hydrogen-bond acceptors (Lipinski definition) is 4. The highest BCUT2D eigenvalue weighted by Gasteiger charge is 2.21. The number of Topliss-reactive ketones (excluding diaryl/α,β-unsaturated/α-hetero) is 1. The molecule has 1 aliphatic rings. The Hall–Kier alpha value is -1.49. The molecule has 0 radical (unpaired) electrons. The Morgan fingerprint density at radius 1 is 0.750 bits per heavy atom. The maximum Gasteiger partial charge on any atom is 0.253 e. The Bertz CT molecular complexity index is 413. The van der Waals surface area contributed by atoms with Crippen molar-refractivity contribution in [1.82, 2.24) is 4.90 Å². The number of imide groups is 1. The van der Waals surface area contributed by atoms with Gasteiger partial charge in [0.1, 0.15) is 5.78 Å². The number of hydrogen-bond donors (Lipinski definition) is 1. The molecule has 2 amide bonds. The van der Waals surface area contributed by atoms with E-state index in [0.717, 1.165) is 32.1 Å². The van der Waals surface area contributed by atoms with Crippen molar-refractivity contribution in [3.05, 3.63) is 12.2 Å². The van der Waals surface area contributed by atoms with Crippen LogP contribution in [0.2, 0.25) is 0 Å². The van der Waals surface area contributed by atoms with Crippen LogP contribution in [0.1, 0.15) is 77.0 Å². The number of ketones is 1. The standard InChI is InChI=1S/C19H31NO4/c21-16-10-12-17(22)11-8-6-4-2-1-3-5-7-9-15-20-18(23)13-14-19(20)24/h13-14,21H,1-12,15-16H2. The molecule has 1 N–H and O–H groups in total. The molecule has 5 nitrogen and oxygen atoms in total. The molecular formula is C19H31NO4. The van der Waals surface area contributed by atoms with Crippen molar-refractivity contribution in [3.8, 4) is 0 Å². The second kappa shape index (κ2) is 12.9. The minimum absolute atomic E-state index is 0.104. The number of amides is 2. The third kappa shape index (κ3) is 8.96. The molecule has 0 bridgehead atoms. The van der Waals surface area contributed by atoms with Crippen molar-refractivity contribution < 1.29 is 19.5 Å². The number of unbranched alkanes of at least 4 members (excludes halogenated alkanes) is 8. The van der Waals surface area contributed by atoms with Crippen molar-refractivity contribution in [1.29, 1.82) is 0 Å². The molecule has 1 heterocycles. The monoisotopic (exact) mass is 337 g/mol. The maximum atomic E-state index is 11.4. The largest absolute Gasteiger partial charge is 0.396 e. The molecule has 0 fully saturated rings. The smallest absolute Gasteiger partial charge is 0.253 e. The summed E-state index contributed by atoms with van der Waals surface area (Å²) >= 11 is 0. The van der Waals surface area contributed by atoms with E-state index in [1.165, 1.54) is 42.7 Å². The number of nitrogens with zero attached hydrogens (tertiary/aromatic N) is 1. The molecule has 0 aliphatic carbocycles. The van der Waals surface area contributed by atoms with Gasteiger partial charge in [-0.25, -0.2) is 0 Å². The Labute approximate surface area is 145 Å². The van der Waals surface area contributed by atoms with Crippen LogP contribution in [-0.4, -0.2) is 40.8 Å². The first-order chi connectivity index (χ1) is 11.6. The Balaban J connectivity index is 1.82. The van der Waals surface area contributed by atoms with Gasteiger partial charge >= 0.3 is 0 Å². The van der Waals surface area contributed by atoms with Crippen LogP contribution in [0, 0.1) is 0 Å². The van der Waals surface area contributed by atoms with Crippen LogP contribution in [-0.2, 0) is 14.4 Å². The highest BCUT2D eigenvalue weighted by atomic mass is 16.3. The van der Waals surface area contributed by atoms with Gasteiger partial charge in [0, 0.05) is 38.1 Å². The second-order valence-electron chi connectivity index (χ2n) is 6.46. The van der Waals surface area contributed by atoms with Crippen LogP contribution in [0.15, 0.2) is 12.2 Å². The topological polar surface area (TPSA) is 74.7 Å². The lowest BCUT2D eigenvalue weighted by atomic mass is 10.0. The number of aliphatic hydroxyl groups excluding tert-OH is 1. The fourth-order valence-corrected chi connectivity index (χ4v) is 2.88. The first-order valence-electron chi connectivity index (χ1n) is 9.31. The van der Waals surface area contributed by atoms with Crippen LogP contribution in [0.25, 0.3) is 0 Å². The first kappa shape index (κ1) is 20.6. The van der Waals surface area contributed by atoms with Gasteiger partial charge in [-0.3, -0.25) is 19.3 Å². The number of carbonyl (C=O) groups excluding carboxylic acids is 3. The van der Waals surface area contributed by atoms with Crippen molar-refractivity contribution in [3.63, 3.8) is 0 Å². The summed E-state index contributed by atoms with van der Waals surface area (Å²) in [5, 5.41) is 8.65. The van der Waals surface area contributed by atoms with E-state index in [-0.39, 0.29) is 24.2 Å². The zero-order valence-electron chi connectivity index (χ0n) is 14.7. The molecule has 0 atom stereocenters. The van der Waals surface area contributed by atoms with Crippen LogP contribution >= 0.6 is 0 Å². The molecular weight excluding hydrogens is 306 g/mol. The zero-order valence-corrected chi connectivity index (χ0v) is 14.7. The number of rotatable bonds is 15. The Morgan fingerprint density at radius 3 is 1.75 bits per heavy atom. The summed E-state index contributed by atoms with van der Waals surface area (Å²) in [7, 11) is 0. The van der Waals surface area contributed by atoms with Gasteiger partial charge in [-0.05, 0) is 19.3 Å². The number of carbonyl (C=O) groups is 3. The summed E-state index contributed by atoms with van der Waals surface area (Å²) in [4.78, 5) is 35.4. The summed E-state index contributed by atoms with van der Waals surface area (Å²) < 4.78 is 0. The second-order valence-corrected chi connectivity index (χ2v) is 6.46. The Kier molecular flexibility index (Phi) is 11.0. The SMILES string of the molecule is O=C(CCCO)CCCCCCCCCCCN1C(=O)C=CC1=O. The highest BCUT2D eigenvalue weighted by Crippen LogP contribution is 2.12. The van der Waals surface area contributed by atoms with Crippen molar-refractivity contribution in [2.24, 2.45) is 0 Å². The van der Waals surface area contributed by atoms with Crippen LogP contribution < -0.4 is 0 Å². The molecule has 0 aromatic rings. The van der Waals surface area contributed by atoms with Gasteiger partial charge in [0.2, 0.25) is 0 Å². The molecule has 1 rings (SSSR count). The third-order valence-electron chi connectivity index (χ3n) is 4.35. The van der Waals surface area contributed by atoms with Gasteiger partial charge in [-0.1, -0.05) is 44.9 Å². The van der Waals surface area contributed by atoms with Gasteiger partial charge in [0.15, 0.2) is 0 Å². The molecule has 5 heteroatoms. The Morgan fingerprint density at radius 2 is 1.21 bits per heavy atom. The summed E-state index contributed by atoms with van der Waals surface area (Å²) in [6.45, 7) is 0.641. The van der Waals surface area contributed by atoms with Gasteiger partial charge in [-0.15, -0.1) is 0 Å². The summed E-state index contributed by atoms with van der Waals surface area (Å²) in [6.07, 6.45) is 14.4. The van der Waals surface area contributed by atoms with E-state index in [4.69, 9.17) is 5.11 Å². The minimum Gasteiger partial charge on any atom is -0.396 e. The normalized spacial score (nSPS) is 14.0. The predicted octanol–water partition coefficient (Wildman–Crippen LogP) is 3.15. The van der Waals surface area contributed by atoms with Crippen molar-refractivity contribution >= 4 is 17.6 Å². The molecule has 0 unspecified atom stereocenters. The molecule has 0 saturated carbocycles. The molecule has 24 heavy (non-hydrogen) atoms. The molecule has 0 aromatic carbocycles. The van der Waals surface area contributed by atoms with Crippen molar-refractivity contribution in [2.45, 2.75) is 77.0 Å². The van der Waals surface area contributed by atoms with Gasteiger partial charge in [-0.2, -0.15) is 0 Å². The fraction of sp³-hybridized carbons (Fsp3) is 0.737. The van der Waals surface area contributed by atoms with Gasteiger partial charge in [0.25, 0.3) is 11.8 Å². The van der Waals surface area contributed by atoms with E-state index in [1.54, 1.807) is 0 Å². The lowest BCUT2D eigenvalue weighted by Gasteiger charge is -2.12. The molecule has 136 valence electrons. The van der Waals surface area contributed by atoms with E-state index in [1.807, 2.05) is 0 Å². The summed E-state index contributed by atoms with van der Waals surface area (Å²) in [5.74, 6) is -0.0982. The van der Waals surface area contributed by atoms with Gasteiger partial charge < -0.3 is 5.11 Å². The van der Waals surface area contributed by atoms with Crippen LogP contribution in [0.3, 0.4) is 0 Å². The average Bonchev–Trinajstić information content (AvgIpc) is 2.89. The van der Waals surface area contributed by atoms with E-state index in [2.05, 4.69) is 0 Å². The first-order valence-corrected chi connectivity index (χ1v) is 9.31. The predicted molar refractivity (Wildman–Crippen MR) is 93.4 cm³/mol. The highest BCUT2D eigenvalue weighted by molar-refractivity contribution is 6.12. The lowest BCUT2D eigenvalue weighted by molar-refractivity contribution is -0.136. The summed E-state index contributed by atoms with van der Waals surface area (Å²) in [5.41, 5.74) is 0. The maximum absolute atomic E-state index is 11.4. The molecule has 1 aliphatic heterocycles. The molecule has 0 spiro atoms. The van der Waals surface area contributed by atoms with E-state index in [0.29, 0.717) is 25.8 Å². The van der Waals surface area contributed by atoms with Crippen LogP contribution in [0.4, 0.5) is 0 Å². The van der Waals surface area contributed by atoms with E-state index < -0.39 is 0 Å². The zero-order chi connectivity index (χ0) is 17.6. The molecule has 0 aromatic heterocycles. The summed E-state index contributed by atoms with van der Waals surface area (Å²) in [6, 6.07) is 0. The van der Waals surface area contributed by atoms with Gasteiger partial charge in [0.05, 0.1) is 0 Å².